The monoisotopic (exact) mass is 278 g/mol. The van der Waals surface area contributed by atoms with Crippen molar-refractivity contribution in [1.29, 1.82) is 0 Å². The molecule has 1 aromatic heterocycles. The summed E-state index contributed by atoms with van der Waals surface area (Å²) in [5.41, 5.74) is 0. The normalized spacial score (nSPS) is 16.1. The third kappa shape index (κ3) is 4.07. The maximum atomic E-state index is 5.42. The van der Waals surface area contributed by atoms with Gasteiger partial charge in [0.1, 0.15) is 17.5 Å². The Morgan fingerprint density at radius 1 is 1.30 bits per heavy atom. The number of aryl methyl sites for hydroxylation is 1. The summed E-state index contributed by atoms with van der Waals surface area (Å²) in [6.07, 6.45) is 3.16. The van der Waals surface area contributed by atoms with Crippen LogP contribution in [0.5, 0.6) is 0 Å². The molecule has 0 saturated carbocycles. The van der Waals surface area contributed by atoms with Crippen molar-refractivity contribution in [1.82, 2.24) is 9.97 Å². The van der Waals surface area contributed by atoms with E-state index in [4.69, 9.17) is 4.74 Å². The Kier molecular flexibility index (Phi) is 5.59. The van der Waals surface area contributed by atoms with E-state index in [-0.39, 0.29) is 0 Å². The van der Waals surface area contributed by atoms with Crippen LogP contribution < -0.4 is 10.2 Å². The summed E-state index contributed by atoms with van der Waals surface area (Å²) in [6, 6.07) is 2.04. The van der Waals surface area contributed by atoms with Gasteiger partial charge in [0.2, 0.25) is 0 Å². The zero-order chi connectivity index (χ0) is 14.4. The molecule has 20 heavy (non-hydrogen) atoms. The first-order chi connectivity index (χ1) is 9.72. The van der Waals surface area contributed by atoms with Gasteiger partial charge in [-0.15, -0.1) is 0 Å². The summed E-state index contributed by atoms with van der Waals surface area (Å²) in [7, 11) is 2.12. The fraction of sp³-hybridized carbons (Fsp3) is 0.733. The van der Waals surface area contributed by atoms with Gasteiger partial charge in [-0.3, -0.25) is 0 Å². The number of hydrogen-bond donors (Lipinski definition) is 1. The second kappa shape index (κ2) is 7.43. The van der Waals surface area contributed by atoms with Gasteiger partial charge in [0, 0.05) is 45.8 Å². The van der Waals surface area contributed by atoms with E-state index in [0.717, 1.165) is 63.0 Å². The smallest absolute Gasteiger partial charge is 0.134 e. The summed E-state index contributed by atoms with van der Waals surface area (Å²) in [5, 5.41) is 3.28. The van der Waals surface area contributed by atoms with E-state index in [0.29, 0.717) is 5.92 Å². The summed E-state index contributed by atoms with van der Waals surface area (Å²) in [6.45, 7) is 7.88. The molecule has 1 aliphatic rings. The number of nitrogens with zero attached hydrogens (tertiary/aromatic N) is 3. The zero-order valence-electron chi connectivity index (χ0n) is 12.9. The van der Waals surface area contributed by atoms with Crippen LogP contribution in [0.4, 0.5) is 11.6 Å². The number of rotatable bonds is 6. The van der Waals surface area contributed by atoms with Crippen molar-refractivity contribution in [2.45, 2.75) is 33.1 Å². The van der Waals surface area contributed by atoms with Gasteiger partial charge in [-0.05, 0) is 25.7 Å². The van der Waals surface area contributed by atoms with Crippen LogP contribution >= 0.6 is 0 Å². The molecule has 1 N–H and O–H groups in total. The topological polar surface area (TPSA) is 50.3 Å². The van der Waals surface area contributed by atoms with Crippen LogP contribution in [-0.4, -0.2) is 43.3 Å². The van der Waals surface area contributed by atoms with Crippen LogP contribution in [0.3, 0.4) is 0 Å². The molecule has 0 atom stereocenters. The lowest BCUT2D eigenvalue weighted by Crippen LogP contribution is -2.30. The number of nitrogens with one attached hydrogen (secondary N) is 1. The fourth-order valence-electron chi connectivity index (χ4n) is 2.52. The Morgan fingerprint density at radius 2 is 2.05 bits per heavy atom. The Morgan fingerprint density at radius 3 is 2.70 bits per heavy atom. The number of ether oxygens (including phenoxy) is 1. The fourth-order valence-corrected chi connectivity index (χ4v) is 2.52. The van der Waals surface area contributed by atoms with Crippen molar-refractivity contribution >= 4 is 11.6 Å². The van der Waals surface area contributed by atoms with Crippen LogP contribution in [-0.2, 0) is 11.2 Å². The molecule has 5 heteroatoms. The quantitative estimate of drug-likeness (QED) is 0.865. The van der Waals surface area contributed by atoms with Crippen LogP contribution in [0.25, 0.3) is 0 Å². The molecule has 0 amide bonds. The highest BCUT2D eigenvalue weighted by molar-refractivity contribution is 5.49. The molecule has 1 aromatic rings. The number of hydrogen-bond acceptors (Lipinski definition) is 5. The van der Waals surface area contributed by atoms with E-state index < -0.39 is 0 Å². The molecular weight excluding hydrogens is 252 g/mol. The van der Waals surface area contributed by atoms with Crippen LogP contribution in [0.1, 0.15) is 32.5 Å². The molecule has 0 radical (unpaired) electrons. The summed E-state index contributed by atoms with van der Waals surface area (Å²) in [4.78, 5) is 11.4. The minimum absolute atomic E-state index is 0.705. The first-order valence-electron chi connectivity index (χ1n) is 7.63. The van der Waals surface area contributed by atoms with E-state index >= 15 is 0 Å². The van der Waals surface area contributed by atoms with Crippen molar-refractivity contribution in [2.75, 3.05) is 43.6 Å². The lowest BCUT2D eigenvalue weighted by molar-refractivity contribution is 0.0685. The third-order valence-electron chi connectivity index (χ3n) is 3.70. The van der Waals surface area contributed by atoms with Gasteiger partial charge >= 0.3 is 0 Å². The van der Waals surface area contributed by atoms with Gasteiger partial charge in [0.05, 0.1) is 0 Å². The molecule has 1 fully saturated rings. The van der Waals surface area contributed by atoms with E-state index in [9.17, 15) is 0 Å². The maximum Gasteiger partial charge on any atom is 0.134 e. The third-order valence-corrected chi connectivity index (χ3v) is 3.70. The second-order valence-electron chi connectivity index (χ2n) is 5.35. The zero-order valence-corrected chi connectivity index (χ0v) is 12.9. The average Bonchev–Trinajstić information content (AvgIpc) is 2.48. The first-order valence-corrected chi connectivity index (χ1v) is 7.63. The molecule has 2 rings (SSSR count). The Hall–Kier alpha value is -1.36. The molecule has 0 spiro atoms. The van der Waals surface area contributed by atoms with Crippen molar-refractivity contribution in [3.63, 3.8) is 0 Å². The van der Waals surface area contributed by atoms with Gasteiger partial charge in [-0.25, -0.2) is 9.97 Å². The predicted molar refractivity (Wildman–Crippen MR) is 82.4 cm³/mol. The molecule has 2 heterocycles. The van der Waals surface area contributed by atoms with Gasteiger partial charge in [0.25, 0.3) is 0 Å². The van der Waals surface area contributed by atoms with Crippen LogP contribution in [0, 0.1) is 5.92 Å². The minimum atomic E-state index is 0.705. The Labute approximate surface area is 121 Å². The lowest BCUT2D eigenvalue weighted by Gasteiger charge is -2.28. The van der Waals surface area contributed by atoms with E-state index in [1.807, 2.05) is 6.07 Å². The average molecular weight is 278 g/mol. The molecule has 0 bridgehead atoms. The number of anilines is 2. The number of aromatic nitrogens is 2. The molecule has 112 valence electrons. The molecule has 0 aromatic carbocycles. The summed E-state index contributed by atoms with van der Waals surface area (Å²) in [5.74, 6) is 3.54. The molecule has 1 aliphatic heterocycles. The Balaban J connectivity index is 2.06. The molecule has 0 aliphatic carbocycles. The van der Waals surface area contributed by atoms with Crippen molar-refractivity contribution < 1.29 is 4.74 Å². The SMILES string of the molecule is CCNc1cc(N(C)CC2CCOCC2)nc(CC)n1. The van der Waals surface area contributed by atoms with Gasteiger partial charge in [0.15, 0.2) is 0 Å². The standard InChI is InChI=1S/C15H26N4O/c1-4-13-17-14(16-5-2)10-15(18-13)19(3)11-12-6-8-20-9-7-12/h10,12H,4-9,11H2,1-3H3,(H,16,17,18). The largest absolute Gasteiger partial charge is 0.381 e. The highest BCUT2D eigenvalue weighted by Crippen LogP contribution is 2.20. The minimum Gasteiger partial charge on any atom is -0.381 e. The molecule has 0 unspecified atom stereocenters. The van der Waals surface area contributed by atoms with Gasteiger partial charge in [-0.1, -0.05) is 6.92 Å². The van der Waals surface area contributed by atoms with Crippen LogP contribution in [0.15, 0.2) is 6.07 Å². The first kappa shape index (κ1) is 15.0. The van der Waals surface area contributed by atoms with E-state index in [2.05, 4.69) is 41.1 Å². The van der Waals surface area contributed by atoms with Crippen molar-refractivity contribution in [2.24, 2.45) is 5.92 Å². The highest BCUT2D eigenvalue weighted by Gasteiger charge is 2.17. The predicted octanol–water partition coefficient (Wildman–Crippen LogP) is 2.33. The molecule has 5 nitrogen and oxygen atoms in total. The molecule has 1 saturated heterocycles. The maximum absolute atomic E-state index is 5.42. The summed E-state index contributed by atoms with van der Waals surface area (Å²) < 4.78 is 5.42. The van der Waals surface area contributed by atoms with Gasteiger partial charge < -0.3 is 15.0 Å². The van der Waals surface area contributed by atoms with Crippen molar-refractivity contribution in [3.05, 3.63) is 11.9 Å². The molecular formula is C15H26N4O. The van der Waals surface area contributed by atoms with Crippen molar-refractivity contribution in [3.8, 4) is 0 Å². The highest BCUT2D eigenvalue weighted by atomic mass is 16.5. The van der Waals surface area contributed by atoms with Gasteiger partial charge in [-0.2, -0.15) is 0 Å². The van der Waals surface area contributed by atoms with Crippen LogP contribution in [0.2, 0.25) is 0 Å². The van der Waals surface area contributed by atoms with E-state index in [1.165, 1.54) is 0 Å². The lowest BCUT2D eigenvalue weighted by atomic mass is 10.00. The second-order valence-corrected chi connectivity index (χ2v) is 5.35. The Bertz CT molecular complexity index is 418. The summed E-state index contributed by atoms with van der Waals surface area (Å²) >= 11 is 0. The van der Waals surface area contributed by atoms with E-state index in [1.54, 1.807) is 0 Å².